The monoisotopic (exact) mass is 284 g/mol. The summed E-state index contributed by atoms with van der Waals surface area (Å²) in [6, 6.07) is 6.78. The van der Waals surface area contributed by atoms with Gasteiger partial charge in [-0.3, -0.25) is 0 Å². The molecule has 0 spiro atoms. The molecule has 2 rings (SSSR count). The highest BCUT2D eigenvalue weighted by atomic mass is 32.2. The van der Waals surface area contributed by atoms with Crippen molar-refractivity contribution in [3.05, 3.63) is 29.8 Å². The number of hydrogen-bond acceptors (Lipinski definition) is 3. The molecular weight excluding hydrogens is 268 g/mol. The molecule has 3 N–H and O–H groups in total. The lowest BCUT2D eigenvalue weighted by atomic mass is 9.94. The Kier molecular flexibility index (Phi) is 3.99. The third kappa shape index (κ3) is 3.28. The zero-order valence-electron chi connectivity index (χ0n) is 9.93. The molecule has 0 atom stereocenters. The van der Waals surface area contributed by atoms with Gasteiger partial charge in [0.05, 0.1) is 9.88 Å². The van der Waals surface area contributed by atoms with Crippen LogP contribution in [-0.2, 0) is 16.4 Å². The van der Waals surface area contributed by atoms with Crippen LogP contribution in [0.5, 0.6) is 0 Å². The van der Waals surface area contributed by atoms with Crippen molar-refractivity contribution in [1.82, 2.24) is 4.72 Å². The van der Waals surface area contributed by atoms with Crippen molar-refractivity contribution in [2.24, 2.45) is 5.73 Å². The molecule has 1 aliphatic rings. The van der Waals surface area contributed by atoms with E-state index in [4.69, 9.17) is 18.0 Å². The van der Waals surface area contributed by atoms with E-state index in [0.29, 0.717) is 16.3 Å². The largest absolute Gasteiger partial charge is 0.393 e. The lowest BCUT2D eigenvalue weighted by Gasteiger charge is -2.26. The molecule has 18 heavy (non-hydrogen) atoms. The van der Waals surface area contributed by atoms with Crippen LogP contribution in [0.2, 0.25) is 0 Å². The first-order chi connectivity index (χ1) is 8.47. The Morgan fingerprint density at radius 1 is 1.33 bits per heavy atom. The normalized spacial score (nSPS) is 16.2. The summed E-state index contributed by atoms with van der Waals surface area (Å²) in [4.78, 5) is 0.694. The SMILES string of the molecule is NC(=S)Cc1ccc(S(=O)(=O)NC2CCC2)cc1. The third-order valence-electron chi connectivity index (χ3n) is 3.04. The van der Waals surface area contributed by atoms with E-state index in [1.54, 1.807) is 24.3 Å². The van der Waals surface area contributed by atoms with Gasteiger partial charge < -0.3 is 5.73 Å². The summed E-state index contributed by atoms with van der Waals surface area (Å²) in [5.41, 5.74) is 6.36. The van der Waals surface area contributed by atoms with Crippen LogP contribution >= 0.6 is 12.2 Å². The summed E-state index contributed by atoms with van der Waals surface area (Å²) in [6.07, 6.45) is 3.45. The lowest BCUT2D eigenvalue weighted by Crippen LogP contribution is -2.39. The molecule has 0 aliphatic heterocycles. The van der Waals surface area contributed by atoms with Crippen molar-refractivity contribution in [1.29, 1.82) is 0 Å². The van der Waals surface area contributed by atoms with Gasteiger partial charge >= 0.3 is 0 Å². The molecule has 98 valence electrons. The van der Waals surface area contributed by atoms with Gasteiger partial charge in [-0.05, 0) is 30.5 Å². The molecular formula is C12H16N2O2S2. The minimum absolute atomic E-state index is 0.103. The Morgan fingerprint density at radius 2 is 1.94 bits per heavy atom. The van der Waals surface area contributed by atoms with Gasteiger partial charge in [-0.25, -0.2) is 13.1 Å². The summed E-state index contributed by atoms with van der Waals surface area (Å²) in [6.45, 7) is 0. The van der Waals surface area contributed by atoms with Gasteiger partial charge in [-0.1, -0.05) is 30.8 Å². The number of rotatable bonds is 5. The van der Waals surface area contributed by atoms with Crippen molar-refractivity contribution in [3.8, 4) is 0 Å². The van der Waals surface area contributed by atoms with Crippen molar-refractivity contribution in [3.63, 3.8) is 0 Å². The van der Waals surface area contributed by atoms with Crippen LogP contribution in [0.3, 0.4) is 0 Å². The number of hydrogen-bond donors (Lipinski definition) is 2. The molecule has 1 aromatic rings. The molecule has 0 unspecified atom stereocenters. The summed E-state index contributed by atoms with van der Waals surface area (Å²) < 4.78 is 26.7. The smallest absolute Gasteiger partial charge is 0.240 e. The number of nitrogens with one attached hydrogen (secondary N) is 1. The van der Waals surface area contributed by atoms with E-state index in [1.165, 1.54) is 0 Å². The molecule has 1 saturated carbocycles. The maximum atomic E-state index is 12.0. The standard InChI is InChI=1S/C12H16N2O2S2/c13-12(17)8-9-4-6-11(7-5-9)18(15,16)14-10-2-1-3-10/h4-7,10,14H,1-3,8H2,(H2,13,17). The van der Waals surface area contributed by atoms with E-state index >= 15 is 0 Å². The van der Waals surface area contributed by atoms with Crippen LogP contribution < -0.4 is 10.5 Å². The minimum Gasteiger partial charge on any atom is -0.393 e. The van der Waals surface area contributed by atoms with Crippen LogP contribution in [0, 0.1) is 0 Å². The number of nitrogens with two attached hydrogens (primary N) is 1. The molecule has 0 bridgehead atoms. The minimum atomic E-state index is -3.38. The predicted molar refractivity (Wildman–Crippen MR) is 74.9 cm³/mol. The summed E-state index contributed by atoms with van der Waals surface area (Å²) >= 11 is 4.81. The quantitative estimate of drug-likeness (QED) is 0.801. The van der Waals surface area contributed by atoms with Crippen LogP contribution in [0.1, 0.15) is 24.8 Å². The molecule has 4 nitrogen and oxygen atoms in total. The van der Waals surface area contributed by atoms with E-state index in [0.717, 1.165) is 24.8 Å². The molecule has 0 saturated heterocycles. The Balaban J connectivity index is 2.10. The summed E-state index contributed by atoms with van der Waals surface area (Å²) in [5.74, 6) is 0. The topological polar surface area (TPSA) is 72.2 Å². The fourth-order valence-electron chi connectivity index (χ4n) is 1.80. The zero-order chi connectivity index (χ0) is 13.2. The van der Waals surface area contributed by atoms with Crippen molar-refractivity contribution < 1.29 is 8.42 Å². The highest BCUT2D eigenvalue weighted by molar-refractivity contribution is 7.89. The second kappa shape index (κ2) is 5.34. The van der Waals surface area contributed by atoms with Crippen molar-refractivity contribution >= 4 is 27.2 Å². The molecule has 6 heteroatoms. The molecule has 1 aromatic carbocycles. The maximum absolute atomic E-state index is 12.0. The van der Waals surface area contributed by atoms with E-state index < -0.39 is 10.0 Å². The van der Waals surface area contributed by atoms with Crippen LogP contribution in [0.4, 0.5) is 0 Å². The first kappa shape index (κ1) is 13.5. The van der Waals surface area contributed by atoms with Gasteiger partial charge in [0.15, 0.2) is 0 Å². The van der Waals surface area contributed by atoms with Crippen LogP contribution in [0.15, 0.2) is 29.2 Å². The highest BCUT2D eigenvalue weighted by Crippen LogP contribution is 2.21. The number of benzene rings is 1. The average Bonchev–Trinajstić information content (AvgIpc) is 2.24. The van der Waals surface area contributed by atoms with Gasteiger partial charge in [0.1, 0.15) is 0 Å². The third-order valence-corrected chi connectivity index (χ3v) is 4.72. The first-order valence-corrected chi connectivity index (χ1v) is 7.76. The van der Waals surface area contributed by atoms with Gasteiger partial charge in [0.25, 0.3) is 0 Å². The predicted octanol–water partition coefficient (Wildman–Crippen LogP) is 1.35. The van der Waals surface area contributed by atoms with Crippen LogP contribution in [-0.4, -0.2) is 19.4 Å². The van der Waals surface area contributed by atoms with Crippen molar-refractivity contribution in [2.45, 2.75) is 36.6 Å². The Labute approximate surface area is 113 Å². The molecule has 0 heterocycles. The lowest BCUT2D eigenvalue weighted by molar-refractivity contribution is 0.383. The Morgan fingerprint density at radius 3 is 2.39 bits per heavy atom. The maximum Gasteiger partial charge on any atom is 0.240 e. The van der Waals surface area contributed by atoms with Gasteiger partial charge in [-0.15, -0.1) is 0 Å². The summed E-state index contributed by atoms with van der Waals surface area (Å²) in [5, 5.41) is 0. The fourth-order valence-corrected chi connectivity index (χ4v) is 3.27. The Hall–Kier alpha value is -0.980. The van der Waals surface area contributed by atoms with E-state index in [1.807, 2.05) is 0 Å². The zero-order valence-corrected chi connectivity index (χ0v) is 11.6. The van der Waals surface area contributed by atoms with Crippen LogP contribution in [0.25, 0.3) is 0 Å². The van der Waals surface area contributed by atoms with Crippen molar-refractivity contribution in [2.75, 3.05) is 0 Å². The van der Waals surface area contributed by atoms with Gasteiger partial charge in [0.2, 0.25) is 10.0 Å². The summed E-state index contributed by atoms with van der Waals surface area (Å²) in [7, 11) is -3.38. The van der Waals surface area contributed by atoms with E-state index in [-0.39, 0.29) is 6.04 Å². The van der Waals surface area contributed by atoms with E-state index in [9.17, 15) is 8.42 Å². The van der Waals surface area contributed by atoms with Gasteiger partial charge in [0, 0.05) is 12.5 Å². The van der Waals surface area contributed by atoms with E-state index in [2.05, 4.69) is 4.72 Å². The second-order valence-corrected chi connectivity index (χ2v) is 6.77. The number of thiocarbonyl (C=S) groups is 1. The molecule has 0 aromatic heterocycles. The number of sulfonamides is 1. The fraction of sp³-hybridized carbons (Fsp3) is 0.417. The molecule has 0 radical (unpaired) electrons. The second-order valence-electron chi connectivity index (χ2n) is 4.54. The first-order valence-electron chi connectivity index (χ1n) is 5.87. The molecule has 1 aliphatic carbocycles. The molecule has 0 amide bonds. The average molecular weight is 284 g/mol. The van der Waals surface area contributed by atoms with Gasteiger partial charge in [-0.2, -0.15) is 0 Å². The highest BCUT2D eigenvalue weighted by Gasteiger charge is 2.24. The molecule has 1 fully saturated rings. The Bertz CT molecular complexity index is 534.